The monoisotopic (exact) mass is 488 g/mol. The highest BCUT2D eigenvalue weighted by atomic mass is 32.2. The van der Waals surface area contributed by atoms with Crippen LogP contribution in [0.25, 0.3) is 10.8 Å². The molecule has 1 aliphatic rings. The molecule has 1 fully saturated rings. The van der Waals surface area contributed by atoms with E-state index in [9.17, 15) is 19.8 Å². The maximum absolute atomic E-state index is 12.4. The van der Waals surface area contributed by atoms with Gasteiger partial charge in [-0.05, 0) is 47.1 Å². The van der Waals surface area contributed by atoms with E-state index in [2.05, 4.69) is 29.0 Å². The van der Waals surface area contributed by atoms with Gasteiger partial charge in [-0.1, -0.05) is 54.6 Å². The Hall–Kier alpha value is -1.80. The lowest BCUT2D eigenvalue weighted by molar-refractivity contribution is -0.137. The first-order valence-corrected chi connectivity index (χ1v) is 13.5. The van der Waals surface area contributed by atoms with E-state index in [1.54, 1.807) is 17.8 Å². The topological polar surface area (TPSA) is 83.8 Å². The predicted molar refractivity (Wildman–Crippen MR) is 137 cm³/mol. The molecule has 0 spiro atoms. The Bertz CT molecular complexity index is 955. The van der Waals surface area contributed by atoms with E-state index in [1.807, 2.05) is 24.3 Å². The van der Waals surface area contributed by atoms with E-state index in [0.29, 0.717) is 12.2 Å². The van der Waals surface area contributed by atoms with Crippen LogP contribution in [0.3, 0.4) is 0 Å². The highest BCUT2D eigenvalue weighted by Crippen LogP contribution is 2.34. The average Bonchev–Trinajstić information content (AvgIpc) is 3.10. The van der Waals surface area contributed by atoms with Gasteiger partial charge in [0.25, 0.3) is 0 Å². The smallest absolute Gasteiger partial charge is 0.315 e. The van der Waals surface area contributed by atoms with Crippen LogP contribution in [-0.4, -0.2) is 63.8 Å². The van der Waals surface area contributed by atoms with Gasteiger partial charge in [-0.25, -0.2) is 0 Å². The van der Waals surface area contributed by atoms with Crippen LogP contribution in [-0.2, 0) is 20.7 Å². The summed E-state index contributed by atoms with van der Waals surface area (Å²) in [5, 5.41) is 23.0. The Morgan fingerprint density at radius 1 is 1.21 bits per heavy atom. The van der Waals surface area contributed by atoms with E-state index in [4.69, 9.17) is 0 Å². The molecule has 178 valence electrons. The van der Waals surface area contributed by atoms with E-state index < -0.39 is 12.2 Å². The SMILES string of the molecule is COC(=O)CSCCCS[C@H]1C(=O)C[C@@H](O)[C@@H]1/C=C/[C@@H](O)CCc1cccc2ccccc12. The molecule has 1 aliphatic carbocycles. The number of aliphatic hydroxyl groups excluding tert-OH is 2. The van der Waals surface area contributed by atoms with Crippen molar-refractivity contribution < 1.29 is 24.5 Å². The molecule has 0 heterocycles. The zero-order valence-electron chi connectivity index (χ0n) is 18.9. The molecule has 0 unspecified atom stereocenters. The van der Waals surface area contributed by atoms with Gasteiger partial charge in [-0.2, -0.15) is 11.8 Å². The minimum atomic E-state index is -0.704. The van der Waals surface area contributed by atoms with Crippen molar-refractivity contribution in [2.75, 3.05) is 24.4 Å². The molecule has 7 heteroatoms. The summed E-state index contributed by atoms with van der Waals surface area (Å²) >= 11 is 3.08. The molecule has 0 aromatic heterocycles. The van der Waals surface area contributed by atoms with E-state index in [-0.39, 0.29) is 29.3 Å². The Morgan fingerprint density at radius 3 is 2.82 bits per heavy atom. The fraction of sp³-hybridized carbons (Fsp3) is 0.462. The van der Waals surface area contributed by atoms with Crippen molar-refractivity contribution in [1.82, 2.24) is 0 Å². The maximum atomic E-state index is 12.4. The number of fused-ring (bicyclic) bond motifs is 1. The number of ether oxygens (including phenoxy) is 1. The number of methoxy groups -OCH3 is 1. The number of hydrogen-bond donors (Lipinski definition) is 2. The van der Waals surface area contributed by atoms with Crippen LogP contribution in [0.4, 0.5) is 0 Å². The second-order valence-corrected chi connectivity index (χ2v) is 10.6. The third kappa shape index (κ3) is 7.60. The Morgan fingerprint density at radius 2 is 2.00 bits per heavy atom. The van der Waals surface area contributed by atoms with Gasteiger partial charge < -0.3 is 14.9 Å². The number of carbonyl (C=O) groups excluding carboxylic acids is 2. The number of benzene rings is 2. The van der Waals surface area contributed by atoms with Gasteiger partial charge in [0, 0.05) is 12.3 Å². The number of rotatable bonds is 12. The summed E-state index contributed by atoms with van der Waals surface area (Å²) < 4.78 is 4.62. The first-order chi connectivity index (χ1) is 16.0. The van der Waals surface area contributed by atoms with Crippen molar-refractivity contribution in [1.29, 1.82) is 0 Å². The van der Waals surface area contributed by atoms with Crippen LogP contribution in [0, 0.1) is 5.92 Å². The molecule has 0 aliphatic heterocycles. The molecule has 0 amide bonds. The molecule has 2 aromatic rings. The summed E-state index contributed by atoms with van der Waals surface area (Å²) in [6, 6.07) is 14.4. The molecule has 2 N–H and O–H groups in total. The summed E-state index contributed by atoms with van der Waals surface area (Å²) in [7, 11) is 1.38. The molecule has 3 rings (SSSR count). The maximum Gasteiger partial charge on any atom is 0.315 e. The summed E-state index contributed by atoms with van der Waals surface area (Å²) in [5.74, 6) is 1.49. The Kier molecular flexibility index (Phi) is 10.3. The molecule has 0 bridgehead atoms. The highest BCUT2D eigenvalue weighted by Gasteiger charge is 2.40. The average molecular weight is 489 g/mol. The second-order valence-electron chi connectivity index (χ2n) is 8.22. The third-order valence-corrected chi connectivity index (χ3v) is 8.32. The normalized spacial score (nSPS) is 21.7. The molecule has 2 aromatic carbocycles. The van der Waals surface area contributed by atoms with Gasteiger partial charge in [0.15, 0.2) is 0 Å². The molecular weight excluding hydrogens is 456 g/mol. The zero-order valence-corrected chi connectivity index (χ0v) is 20.5. The van der Waals surface area contributed by atoms with E-state index in [1.165, 1.54) is 35.2 Å². The minimum Gasteiger partial charge on any atom is -0.468 e. The lowest BCUT2D eigenvalue weighted by Gasteiger charge is -2.17. The van der Waals surface area contributed by atoms with Crippen molar-refractivity contribution >= 4 is 46.0 Å². The van der Waals surface area contributed by atoms with Crippen molar-refractivity contribution in [2.24, 2.45) is 5.92 Å². The first kappa shape index (κ1) is 25.8. The number of aryl methyl sites for hydroxylation is 1. The number of esters is 1. The molecule has 5 nitrogen and oxygen atoms in total. The molecule has 0 saturated heterocycles. The fourth-order valence-corrected chi connectivity index (χ4v) is 6.36. The molecular formula is C26H32O5S2. The lowest BCUT2D eigenvalue weighted by Crippen LogP contribution is -2.22. The number of hydrogen-bond acceptors (Lipinski definition) is 7. The highest BCUT2D eigenvalue weighted by molar-refractivity contribution is 8.01. The minimum absolute atomic E-state index is 0.0645. The Balaban J connectivity index is 1.48. The lowest BCUT2D eigenvalue weighted by atomic mass is 9.98. The fourth-order valence-electron chi connectivity index (χ4n) is 4.06. The van der Waals surface area contributed by atoms with Gasteiger partial charge in [-0.3, -0.25) is 9.59 Å². The number of Topliss-reactive ketones (excluding diaryl/α,β-unsaturated/α-hetero) is 1. The molecule has 0 radical (unpaired) electrons. The third-order valence-electron chi connectivity index (χ3n) is 5.84. The quantitative estimate of drug-likeness (QED) is 0.265. The van der Waals surface area contributed by atoms with Crippen molar-refractivity contribution in [3.05, 3.63) is 60.2 Å². The van der Waals surface area contributed by atoms with Crippen LogP contribution < -0.4 is 0 Å². The van der Waals surface area contributed by atoms with Crippen molar-refractivity contribution in [3.8, 4) is 0 Å². The van der Waals surface area contributed by atoms with E-state index >= 15 is 0 Å². The van der Waals surface area contributed by atoms with Crippen LogP contribution in [0.15, 0.2) is 54.6 Å². The van der Waals surface area contributed by atoms with Crippen molar-refractivity contribution in [3.63, 3.8) is 0 Å². The van der Waals surface area contributed by atoms with Crippen LogP contribution in [0.5, 0.6) is 0 Å². The van der Waals surface area contributed by atoms with E-state index in [0.717, 1.165) is 24.3 Å². The van der Waals surface area contributed by atoms with Crippen LogP contribution in [0.1, 0.15) is 24.8 Å². The van der Waals surface area contributed by atoms with Gasteiger partial charge in [0.05, 0.1) is 30.3 Å². The summed E-state index contributed by atoms with van der Waals surface area (Å²) in [6.45, 7) is 0. The molecule has 1 saturated carbocycles. The molecule has 33 heavy (non-hydrogen) atoms. The number of thioether (sulfide) groups is 2. The van der Waals surface area contributed by atoms with Crippen LogP contribution in [0.2, 0.25) is 0 Å². The Labute approximate surface area is 204 Å². The first-order valence-electron chi connectivity index (χ1n) is 11.3. The van der Waals surface area contributed by atoms with Gasteiger partial charge in [0.2, 0.25) is 0 Å². The summed E-state index contributed by atoms with van der Waals surface area (Å²) in [4.78, 5) is 23.5. The van der Waals surface area contributed by atoms with Gasteiger partial charge in [-0.15, -0.1) is 11.8 Å². The number of aliphatic hydroxyl groups is 2. The van der Waals surface area contributed by atoms with Crippen molar-refractivity contribution in [2.45, 2.75) is 43.1 Å². The van der Waals surface area contributed by atoms with Gasteiger partial charge >= 0.3 is 5.97 Å². The summed E-state index contributed by atoms with van der Waals surface area (Å²) in [5.41, 5.74) is 1.20. The predicted octanol–water partition coefficient (Wildman–Crippen LogP) is 4.04. The number of carbonyl (C=O) groups is 2. The van der Waals surface area contributed by atoms with Crippen LogP contribution >= 0.6 is 23.5 Å². The largest absolute Gasteiger partial charge is 0.468 e. The zero-order chi connectivity index (χ0) is 23.6. The standard InChI is InChI=1S/C26H32O5S2/c1-31-25(30)17-32-14-5-15-33-26-22(23(28)16-24(26)29)13-12-20(27)11-10-19-8-4-7-18-6-2-3-9-21(18)19/h2-4,6-9,12-13,20,22-23,26-28H,5,10-11,14-17H2,1H3/b13-12+/t20-,22-,23+,26+/m0/s1. The second kappa shape index (κ2) is 13.2. The summed E-state index contributed by atoms with van der Waals surface area (Å²) in [6.07, 6.45) is 4.59. The number of ketones is 1. The molecule has 4 atom stereocenters. The van der Waals surface area contributed by atoms with Gasteiger partial charge in [0.1, 0.15) is 5.78 Å².